The molecule has 2 aromatic carbocycles. The summed E-state index contributed by atoms with van der Waals surface area (Å²) in [7, 11) is 0. The second-order valence-electron chi connectivity index (χ2n) is 4.65. The number of hydrogen-bond donors (Lipinski definition) is 1. The SMILES string of the molecule is CCCc1ccc(-c2ccc(/C=C/CO)cc2)cc1. The van der Waals surface area contributed by atoms with Crippen molar-refractivity contribution in [2.75, 3.05) is 6.61 Å². The largest absolute Gasteiger partial charge is 0.392 e. The molecule has 2 rings (SSSR count). The predicted octanol–water partition coefficient (Wildman–Crippen LogP) is 4.31. The molecule has 0 saturated carbocycles. The van der Waals surface area contributed by atoms with Crippen LogP contribution in [0.5, 0.6) is 0 Å². The van der Waals surface area contributed by atoms with E-state index in [1.807, 2.05) is 6.08 Å². The number of benzene rings is 2. The molecule has 2 aromatic rings. The van der Waals surface area contributed by atoms with Crippen LogP contribution < -0.4 is 0 Å². The summed E-state index contributed by atoms with van der Waals surface area (Å²) in [6, 6.07) is 17.2. The Hall–Kier alpha value is -1.86. The Labute approximate surface area is 115 Å². The number of rotatable bonds is 5. The third-order valence-electron chi connectivity index (χ3n) is 3.15. The number of hydrogen-bond acceptors (Lipinski definition) is 1. The van der Waals surface area contributed by atoms with Gasteiger partial charge in [-0.05, 0) is 28.7 Å². The molecule has 1 nitrogen and oxygen atoms in total. The Balaban J connectivity index is 2.15. The van der Waals surface area contributed by atoms with Crippen molar-refractivity contribution in [1.82, 2.24) is 0 Å². The molecule has 0 amide bonds. The third kappa shape index (κ3) is 3.80. The summed E-state index contributed by atoms with van der Waals surface area (Å²) in [5.41, 5.74) is 4.98. The van der Waals surface area contributed by atoms with Gasteiger partial charge < -0.3 is 5.11 Å². The van der Waals surface area contributed by atoms with Gasteiger partial charge in [-0.1, -0.05) is 74.0 Å². The molecule has 0 aromatic heterocycles. The van der Waals surface area contributed by atoms with Crippen molar-refractivity contribution in [3.05, 3.63) is 65.7 Å². The lowest BCUT2D eigenvalue weighted by Crippen LogP contribution is -1.84. The monoisotopic (exact) mass is 252 g/mol. The van der Waals surface area contributed by atoms with Crippen LogP contribution in [-0.4, -0.2) is 11.7 Å². The highest BCUT2D eigenvalue weighted by Gasteiger charge is 1.98. The summed E-state index contributed by atoms with van der Waals surface area (Å²) >= 11 is 0. The van der Waals surface area contributed by atoms with Gasteiger partial charge >= 0.3 is 0 Å². The zero-order valence-electron chi connectivity index (χ0n) is 11.3. The lowest BCUT2D eigenvalue weighted by Gasteiger charge is -2.04. The van der Waals surface area contributed by atoms with E-state index in [2.05, 4.69) is 55.5 Å². The fraction of sp³-hybridized carbons (Fsp3) is 0.222. The van der Waals surface area contributed by atoms with Crippen molar-refractivity contribution in [3.63, 3.8) is 0 Å². The van der Waals surface area contributed by atoms with Crippen molar-refractivity contribution in [2.45, 2.75) is 19.8 Å². The fourth-order valence-corrected chi connectivity index (χ4v) is 2.13. The average molecular weight is 252 g/mol. The van der Waals surface area contributed by atoms with Gasteiger partial charge in [-0.2, -0.15) is 0 Å². The zero-order chi connectivity index (χ0) is 13.5. The molecule has 0 unspecified atom stereocenters. The fourth-order valence-electron chi connectivity index (χ4n) is 2.13. The van der Waals surface area contributed by atoms with E-state index in [4.69, 9.17) is 5.11 Å². The van der Waals surface area contributed by atoms with Crippen LogP contribution in [-0.2, 0) is 6.42 Å². The first-order chi connectivity index (χ1) is 9.33. The molecular weight excluding hydrogens is 232 g/mol. The van der Waals surface area contributed by atoms with Crippen molar-refractivity contribution in [2.24, 2.45) is 0 Å². The van der Waals surface area contributed by atoms with Gasteiger partial charge in [-0.25, -0.2) is 0 Å². The van der Waals surface area contributed by atoms with Crippen LogP contribution >= 0.6 is 0 Å². The molecular formula is C18H20O. The van der Waals surface area contributed by atoms with Crippen LogP contribution in [0.4, 0.5) is 0 Å². The maximum atomic E-state index is 8.74. The normalized spacial score (nSPS) is 11.1. The molecule has 0 radical (unpaired) electrons. The third-order valence-corrected chi connectivity index (χ3v) is 3.15. The summed E-state index contributed by atoms with van der Waals surface area (Å²) in [5, 5.41) is 8.74. The summed E-state index contributed by atoms with van der Waals surface area (Å²) in [5.74, 6) is 0. The topological polar surface area (TPSA) is 20.2 Å². The van der Waals surface area contributed by atoms with Gasteiger partial charge in [0.1, 0.15) is 0 Å². The van der Waals surface area contributed by atoms with Crippen molar-refractivity contribution in [3.8, 4) is 11.1 Å². The molecule has 0 aliphatic rings. The minimum Gasteiger partial charge on any atom is -0.392 e. The first-order valence-corrected chi connectivity index (χ1v) is 6.80. The zero-order valence-corrected chi connectivity index (χ0v) is 11.3. The highest BCUT2D eigenvalue weighted by atomic mass is 16.2. The Kier molecular flexibility index (Phi) is 4.93. The molecule has 19 heavy (non-hydrogen) atoms. The molecule has 1 N–H and O–H groups in total. The van der Waals surface area contributed by atoms with E-state index in [0.29, 0.717) is 0 Å². The summed E-state index contributed by atoms with van der Waals surface area (Å²) < 4.78 is 0. The molecule has 0 spiro atoms. The molecule has 0 bridgehead atoms. The molecule has 0 atom stereocenters. The summed E-state index contributed by atoms with van der Waals surface area (Å²) in [6.07, 6.45) is 6.00. The molecule has 0 fully saturated rings. The number of aryl methyl sites for hydroxylation is 1. The maximum Gasteiger partial charge on any atom is 0.0615 e. The second kappa shape index (κ2) is 6.91. The van der Waals surface area contributed by atoms with Gasteiger partial charge in [0, 0.05) is 0 Å². The Morgan fingerprint density at radius 2 is 1.47 bits per heavy atom. The summed E-state index contributed by atoms with van der Waals surface area (Å²) in [4.78, 5) is 0. The smallest absolute Gasteiger partial charge is 0.0615 e. The highest BCUT2D eigenvalue weighted by molar-refractivity contribution is 5.65. The van der Waals surface area contributed by atoms with E-state index in [0.717, 1.165) is 12.0 Å². The van der Waals surface area contributed by atoms with Crippen molar-refractivity contribution >= 4 is 6.08 Å². The van der Waals surface area contributed by atoms with Crippen LogP contribution in [0.2, 0.25) is 0 Å². The first-order valence-electron chi connectivity index (χ1n) is 6.80. The Morgan fingerprint density at radius 1 is 0.895 bits per heavy atom. The molecule has 0 aliphatic heterocycles. The van der Waals surface area contributed by atoms with Crippen LogP contribution in [0.25, 0.3) is 17.2 Å². The van der Waals surface area contributed by atoms with Crippen LogP contribution in [0.1, 0.15) is 24.5 Å². The van der Waals surface area contributed by atoms with Gasteiger partial charge in [-0.15, -0.1) is 0 Å². The van der Waals surface area contributed by atoms with Gasteiger partial charge in [-0.3, -0.25) is 0 Å². The molecule has 1 heteroatoms. The van der Waals surface area contributed by atoms with E-state index in [1.165, 1.54) is 23.1 Å². The van der Waals surface area contributed by atoms with E-state index in [1.54, 1.807) is 6.08 Å². The van der Waals surface area contributed by atoms with E-state index in [-0.39, 0.29) is 6.61 Å². The molecule has 0 heterocycles. The van der Waals surface area contributed by atoms with Crippen LogP contribution in [0.15, 0.2) is 54.6 Å². The van der Waals surface area contributed by atoms with Gasteiger partial charge in [0.25, 0.3) is 0 Å². The minimum absolute atomic E-state index is 0.0840. The number of aliphatic hydroxyl groups excluding tert-OH is 1. The predicted molar refractivity (Wildman–Crippen MR) is 82.0 cm³/mol. The Bertz CT molecular complexity index is 521. The van der Waals surface area contributed by atoms with Gasteiger partial charge in [0.15, 0.2) is 0 Å². The van der Waals surface area contributed by atoms with E-state index in [9.17, 15) is 0 Å². The Morgan fingerprint density at radius 3 is 2.00 bits per heavy atom. The van der Waals surface area contributed by atoms with Gasteiger partial charge in [0.05, 0.1) is 6.61 Å². The standard InChI is InChI=1S/C18H20O/c1-2-4-15-6-10-17(11-7-15)18-12-8-16(9-13-18)5-3-14-19/h3,5-13,19H,2,4,14H2,1H3/b5-3+. The van der Waals surface area contributed by atoms with Crippen molar-refractivity contribution < 1.29 is 5.11 Å². The maximum absolute atomic E-state index is 8.74. The lowest BCUT2D eigenvalue weighted by molar-refractivity contribution is 0.343. The quantitative estimate of drug-likeness (QED) is 0.840. The lowest BCUT2D eigenvalue weighted by atomic mass is 10.0. The van der Waals surface area contributed by atoms with Crippen LogP contribution in [0, 0.1) is 0 Å². The highest BCUT2D eigenvalue weighted by Crippen LogP contribution is 2.21. The number of aliphatic hydroxyl groups is 1. The average Bonchev–Trinajstić information content (AvgIpc) is 2.47. The second-order valence-corrected chi connectivity index (χ2v) is 4.65. The van der Waals surface area contributed by atoms with Gasteiger partial charge in [0.2, 0.25) is 0 Å². The molecule has 0 saturated heterocycles. The van der Waals surface area contributed by atoms with Crippen molar-refractivity contribution in [1.29, 1.82) is 0 Å². The van der Waals surface area contributed by atoms with E-state index < -0.39 is 0 Å². The minimum atomic E-state index is 0.0840. The van der Waals surface area contributed by atoms with Crippen LogP contribution in [0.3, 0.4) is 0 Å². The first kappa shape index (κ1) is 13.6. The molecule has 0 aliphatic carbocycles. The molecule has 98 valence electrons. The van der Waals surface area contributed by atoms with E-state index >= 15 is 0 Å². The summed E-state index contributed by atoms with van der Waals surface area (Å²) in [6.45, 7) is 2.28.